The van der Waals surface area contributed by atoms with Gasteiger partial charge in [0, 0.05) is 20.2 Å². The minimum atomic E-state index is -0.996. The molecule has 1 saturated heterocycles. The van der Waals surface area contributed by atoms with Gasteiger partial charge in [-0.1, -0.05) is 79.7 Å². The zero-order valence-corrected chi connectivity index (χ0v) is 28.5. The highest BCUT2D eigenvalue weighted by Crippen LogP contribution is 2.65. The van der Waals surface area contributed by atoms with Crippen molar-refractivity contribution in [3.63, 3.8) is 0 Å². The third kappa shape index (κ3) is 8.45. The van der Waals surface area contributed by atoms with Gasteiger partial charge in [-0.15, -0.1) is 6.58 Å². The van der Waals surface area contributed by atoms with Crippen LogP contribution in [0, 0.1) is 28.6 Å². The number of Topliss-reactive ketones (excluding diaryl/α,β-unsaturated/α-hetero) is 1. The van der Waals surface area contributed by atoms with Gasteiger partial charge in [-0.25, -0.2) is 4.79 Å². The molecule has 4 N–H and O–H groups in total. The predicted octanol–water partition coefficient (Wildman–Crippen LogP) is 3.32. The minimum absolute atomic E-state index is 0.0846. The summed E-state index contributed by atoms with van der Waals surface area (Å²) in [6, 6.07) is -3.29. The van der Waals surface area contributed by atoms with Crippen LogP contribution >= 0.6 is 0 Å². The van der Waals surface area contributed by atoms with Crippen molar-refractivity contribution >= 4 is 29.5 Å². The maximum Gasteiger partial charge on any atom is 0.315 e. The van der Waals surface area contributed by atoms with Gasteiger partial charge < -0.3 is 30.9 Å². The zero-order valence-electron chi connectivity index (χ0n) is 28.5. The standard InChI is InChI=1S/C34H57N5O6/c1-9-11-15-23(27(40)30(42)35-18-10-2)36-29(41)26-25-22(33(25,5)6)19-39(26)31(43)28(34(7)16-13-12-14-17-34)38-32(44)37-24(20-45-8)21(3)4/h10,21-26,28H,2,9,11-20H2,1,3-8H3,(H,35,42)(H,36,41)(H2,37,38,44)/t22?,23?,24-,25?,26+,28-/m1/s1. The van der Waals surface area contributed by atoms with Crippen LogP contribution in [0.5, 0.6) is 0 Å². The number of methoxy groups -OCH3 is 1. The number of ether oxygens (including phenoxy) is 1. The van der Waals surface area contributed by atoms with Gasteiger partial charge in [0.25, 0.3) is 5.91 Å². The van der Waals surface area contributed by atoms with Crippen molar-refractivity contribution in [1.29, 1.82) is 0 Å². The maximum atomic E-state index is 14.6. The summed E-state index contributed by atoms with van der Waals surface area (Å²) >= 11 is 0. The molecule has 3 rings (SSSR count). The van der Waals surface area contributed by atoms with Crippen molar-refractivity contribution < 1.29 is 28.7 Å². The van der Waals surface area contributed by atoms with Crippen molar-refractivity contribution in [1.82, 2.24) is 26.2 Å². The predicted molar refractivity (Wildman–Crippen MR) is 173 cm³/mol. The molecule has 0 spiro atoms. The van der Waals surface area contributed by atoms with Crippen LogP contribution in [0.15, 0.2) is 12.7 Å². The molecule has 1 heterocycles. The molecule has 0 radical (unpaired) electrons. The highest BCUT2D eigenvalue weighted by molar-refractivity contribution is 6.38. The molecule has 0 aromatic heterocycles. The first-order chi connectivity index (χ1) is 21.2. The van der Waals surface area contributed by atoms with Crippen molar-refractivity contribution in [3.05, 3.63) is 12.7 Å². The number of nitrogens with zero attached hydrogens (tertiary/aromatic N) is 1. The van der Waals surface area contributed by atoms with E-state index in [0.717, 1.165) is 38.5 Å². The van der Waals surface area contributed by atoms with Gasteiger partial charge in [0.1, 0.15) is 12.1 Å². The lowest BCUT2D eigenvalue weighted by molar-refractivity contribution is -0.146. The second-order valence-corrected chi connectivity index (χ2v) is 14.5. The highest BCUT2D eigenvalue weighted by atomic mass is 16.5. The topological polar surface area (TPSA) is 146 Å². The lowest BCUT2D eigenvalue weighted by Gasteiger charge is -2.43. The van der Waals surface area contributed by atoms with Gasteiger partial charge in [0.05, 0.1) is 18.7 Å². The molecule has 0 aromatic carbocycles. The molecule has 0 aromatic rings. The van der Waals surface area contributed by atoms with Crippen LogP contribution in [0.25, 0.3) is 0 Å². The monoisotopic (exact) mass is 631 g/mol. The molecule has 2 aliphatic carbocycles. The number of hydrogen-bond donors (Lipinski definition) is 4. The Balaban J connectivity index is 1.88. The van der Waals surface area contributed by atoms with E-state index in [1.807, 2.05) is 20.8 Å². The zero-order chi connectivity index (χ0) is 33.5. The lowest BCUT2D eigenvalue weighted by Crippen LogP contribution is -2.63. The van der Waals surface area contributed by atoms with Crippen molar-refractivity contribution in [3.8, 4) is 0 Å². The third-order valence-corrected chi connectivity index (χ3v) is 10.6. The minimum Gasteiger partial charge on any atom is -0.383 e. The van der Waals surface area contributed by atoms with Crippen LogP contribution in [-0.2, 0) is 23.9 Å². The van der Waals surface area contributed by atoms with E-state index in [0.29, 0.717) is 26.0 Å². The van der Waals surface area contributed by atoms with Crippen LogP contribution in [-0.4, -0.2) is 85.4 Å². The molecule has 1 aliphatic heterocycles. The van der Waals surface area contributed by atoms with Gasteiger partial charge in [-0.2, -0.15) is 0 Å². The number of fused-ring (bicyclic) bond motifs is 1. The summed E-state index contributed by atoms with van der Waals surface area (Å²) < 4.78 is 5.30. The summed E-state index contributed by atoms with van der Waals surface area (Å²) in [4.78, 5) is 69.3. The Kier molecular flexibility index (Phi) is 12.6. The summed E-state index contributed by atoms with van der Waals surface area (Å²) in [5, 5.41) is 11.4. The molecule has 11 nitrogen and oxygen atoms in total. The first kappa shape index (κ1) is 36.5. The Labute approximate surface area is 269 Å². The van der Waals surface area contributed by atoms with Gasteiger partial charge in [-0.3, -0.25) is 19.2 Å². The summed E-state index contributed by atoms with van der Waals surface area (Å²) in [5.41, 5.74) is -0.629. The Morgan fingerprint density at radius 3 is 2.27 bits per heavy atom. The number of urea groups is 1. The van der Waals surface area contributed by atoms with E-state index in [1.165, 1.54) is 6.08 Å². The lowest BCUT2D eigenvalue weighted by atomic mass is 9.70. The summed E-state index contributed by atoms with van der Waals surface area (Å²) in [7, 11) is 1.59. The van der Waals surface area contributed by atoms with Gasteiger partial charge in [0.2, 0.25) is 17.6 Å². The Morgan fingerprint density at radius 2 is 1.69 bits per heavy atom. The number of nitrogens with one attached hydrogen (secondary N) is 4. The average Bonchev–Trinajstić information content (AvgIpc) is 3.30. The van der Waals surface area contributed by atoms with Crippen molar-refractivity contribution in [2.75, 3.05) is 26.8 Å². The summed E-state index contributed by atoms with van der Waals surface area (Å²) in [6.07, 6.45) is 7.80. The first-order valence-corrected chi connectivity index (χ1v) is 16.8. The molecule has 45 heavy (non-hydrogen) atoms. The van der Waals surface area contributed by atoms with Crippen LogP contribution in [0.3, 0.4) is 0 Å². The Bertz CT molecular complexity index is 1100. The molecular weight excluding hydrogens is 574 g/mol. The largest absolute Gasteiger partial charge is 0.383 e. The number of rotatable bonds is 16. The van der Waals surface area contributed by atoms with Gasteiger partial charge in [0.15, 0.2) is 0 Å². The smallest absolute Gasteiger partial charge is 0.315 e. The van der Waals surface area contributed by atoms with E-state index in [2.05, 4.69) is 48.6 Å². The molecule has 254 valence electrons. The van der Waals surface area contributed by atoms with E-state index < -0.39 is 47.2 Å². The van der Waals surface area contributed by atoms with E-state index in [-0.39, 0.29) is 41.7 Å². The fraction of sp³-hybridized carbons (Fsp3) is 0.794. The molecule has 3 unspecified atom stereocenters. The number of unbranched alkanes of at least 4 members (excludes halogenated alkanes) is 1. The molecule has 6 atom stereocenters. The van der Waals surface area contributed by atoms with E-state index in [4.69, 9.17) is 4.74 Å². The second kappa shape index (κ2) is 15.6. The summed E-state index contributed by atoms with van der Waals surface area (Å²) in [5.74, 6) is -2.01. The Morgan fingerprint density at radius 1 is 1.02 bits per heavy atom. The van der Waals surface area contributed by atoms with Crippen molar-refractivity contribution in [2.45, 2.75) is 117 Å². The number of amides is 5. The summed E-state index contributed by atoms with van der Waals surface area (Å²) in [6.45, 7) is 16.7. The van der Waals surface area contributed by atoms with Crippen LogP contribution < -0.4 is 21.3 Å². The molecular formula is C34H57N5O6. The number of carbonyl (C=O) groups is 5. The van der Waals surface area contributed by atoms with E-state index in [9.17, 15) is 24.0 Å². The number of likely N-dealkylation sites (tertiary alicyclic amines) is 1. The number of carbonyl (C=O) groups excluding carboxylic acids is 5. The van der Waals surface area contributed by atoms with Crippen molar-refractivity contribution in [2.24, 2.45) is 28.6 Å². The SMILES string of the molecule is C=CCNC(=O)C(=O)C(CCCC)NC(=O)[C@@H]1C2C(CN1C(=O)[C@@H](NC(=O)N[C@H](COC)C(C)C)C1(C)CCCCC1)C2(C)C. The second-order valence-electron chi connectivity index (χ2n) is 14.5. The molecule has 11 heteroatoms. The average molecular weight is 632 g/mol. The van der Waals surface area contributed by atoms with Crippen LogP contribution in [0.2, 0.25) is 0 Å². The van der Waals surface area contributed by atoms with Gasteiger partial charge >= 0.3 is 6.03 Å². The fourth-order valence-corrected chi connectivity index (χ4v) is 7.43. The number of piperidine rings is 1. The van der Waals surface area contributed by atoms with Gasteiger partial charge in [-0.05, 0) is 47.8 Å². The quantitative estimate of drug-likeness (QED) is 0.152. The number of ketones is 1. The molecule has 2 saturated carbocycles. The maximum absolute atomic E-state index is 14.6. The Hall–Kier alpha value is -2.95. The number of hydrogen-bond acceptors (Lipinski definition) is 6. The first-order valence-electron chi connectivity index (χ1n) is 16.8. The fourth-order valence-electron chi connectivity index (χ4n) is 7.43. The third-order valence-electron chi connectivity index (χ3n) is 10.6. The molecule has 0 bridgehead atoms. The van der Waals surface area contributed by atoms with E-state index in [1.54, 1.807) is 12.0 Å². The normalized spacial score (nSPS) is 24.9. The van der Waals surface area contributed by atoms with E-state index >= 15 is 0 Å². The molecule has 3 fully saturated rings. The molecule has 3 aliphatic rings. The molecule has 5 amide bonds. The van der Waals surface area contributed by atoms with Crippen LogP contribution in [0.1, 0.15) is 92.9 Å². The van der Waals surface area contributed by atoms with Crippen LogP contribution in [0.4, 0.5) is 4.79 Å². The highest BCUT2D eigenvalue weighted by Gasteiger charge is 2.70.